The minimum absolute atomic E-state index is 0.277. The van der Waals surface area contributed by atoms with Crippen molar-refractivity contribution in [3.8, 4) is 0 Å². The predicted molar refractivity (Wildman–Crippen MR) is 65.3 cm³/mol. The Morgan fingerprint density at radius 3 is 2.50 bits per heavy atom. The van der Waals surface area contributed by atoms with Crippen molar-refractivity contribution in [1.29, 1.82) is 0 Å². The van der Waals surface area contributed by atoms with Gasteiger partial charge in [0.05, 0.1) is 6.04 Å². The average molecular weight is 251 g/mol. The Kier molecular flexibility index (Phi) is 3.77. The normalized spacial score (nSPS) is 12.7. The summed E-state index contributed by atoms with van der Waals surface area (Å²) in [5.74, 6) is -0.134. The van der Waals surface area contributed by atoms with Gasteiger partial charge in [-0.1, -0.05) is 13.0 Å². The standard InChI is InChI=1S/C14H15F2NO/c1-3-10-5-7-13(18-10)14(17-2)9-4-6-11(15)12(16)8-9/h4-8,14,17H,3H2,1-2H3. The van der Waals surface area contributed by atoms with E-state index in [-0.39, 0.29) is 6.04 Å². The molecule has 0 aliphatic heterocycles. The van der Waals surface area contributed by atoms with E-state index < -0.39 is 11.6 Å². The van der Waals surface area contributed by atoms with Gasteiger partial charge in [0.2, 0.25) is 0 Å². The molecule has 18 heavy (non-hydrogen) atoms. The number of furan rings is 1. The van der Waals surface area contributed by atoms with Crippen LogP contribution in [0, 0.1) is 11.6 Å². The van der Waals surface area contributed by atoms with Crippen LogP contribution in [0.3, 0.4) is 0 Å². The van der Waals surface area contributed by atoms with Crippen LogP contribution in [0.5, 0.6) is 0 Å². The Labute approximate surface area is 105 Å². The molecule has 0 bridgehead atoms. The largest absolute Gasteiger partial charge is 0.464 e. The van der Waals surface area contributed by atoms with E-state index in [1.165, 1.54) is 6.07 Å². The first-order valence-electron chi connectivity index (χ1n) is 5.86. The molecule has 1 aromatic carbocycles. The third kappa shape index (κ3) is 2.43. The molecule has 1 N–H and O–H groups in total. The minimum atomic E-state index is -0.852. The summed E-state index contributed by atoms with van der Waals surface area (Å²) in [4.78, 5) is 0. The Balaban J connectivity index is 2.35. The average Bonchev–Trinajstić information content (AvgIpc) is 2.83. The smallest absolute Gasteiger partial charge is 0.159 e. The molecular formula is C14H15F2NO. The summed E-state index contributed by atoms with van der Waals surface area (Å²) in [5.41, 5.74) is 0.633. The summed E-state index contributed by atoms with van der Waals surface area (Å²) in [6.07, 6.45) is 0.800. The van der Waals surface area contributed by atoms with Gasteiger partial charge < -0.3 is 9.73 Å². The van der Waals surface area contributed by atoms with Crippen LogP contribution < -0.4 is 5.32 Å². The molecule has 0 saturated carbocycles. The topological polar surface area (TPSA) is 25.2 Å². The lowest BCUT2D eigenvalue weighted by molar-refractivity contribution is 0.432. The molecule has 96 valence electrons. The second-order valence-corrected chi connectivity index (χ2v) is 4.05. The molecule has 0 amide bonds. The summed E-state index contributed by atoms with van der Waals surface area (Å²) in [7, 11) is 1.75. The Morgan fingerprint density at radius 1 is 1.17 bits per heavy atom. The molecule has 1 heterocycles. The van der Waals surface area contributed by atoms with Crippen LogP contribution in [-0.2, 0) is 6.42 Å². The highest BCUT2D eigenvalue weighted by Gasteiger charge is 2.17. The molecule has 1 aromatic heterocycles. The molecule has 1 atom stereocenters. The van der Waals surface area contributed by atoms with Gasteiger partial charge in [-0.05, 0) is 36.9 Å². The minimum Gasteiger partial charge on any atom is -0.464 e. The van der Waals surface area contributed by atoms with Gasteiger partial charge in [0.1, 0.15) is 11.5 Å². The number of hydrogen-bond donors (Lipinski definition) is 1. The third-order valence-corrected chi connectivity index (χ3v) is 2.88. The number of aryl methyl sites for hydroxylation is 1. The number of nitrogens with one attached hydrogen (secondary N) is 1. The van der Waals surface area contributed by atoms with Crippen molar-refractivity contribution >= 4 is 0 Å². The van der Waals surface area contributed by atoms with Crippen molar-refractivity contribution in [3.05, 3.63) is 59.1 Å². The van der Waals surface area contributed by atoms with Gasteiger partial charge in [-0.15, -0.1) is 0 Å². The van der Waals surface area contributed by atoms with Crippen LogP contribution in [0.2, 0.25) is 0 Å². The van der Waals surface area contributed by atoms with Gasteiger partial charge in [-0.3, -0.25) is 0 Å². The monoisotopic (exact) mass is 251 g/mol. The summed E-state index contributed by atoms with van der Waals surface area (Å²) in [6.45, 7) is 1.99. The van der Waals surface area contributed by atoms with E-state index in [1.54, 1.807) is 13.1 Å². The van der Waals surface area contributed by atoms with Gasteiger partial charge >= 0.3 is 0 Å². The van der Waals surface area contributed by atoms with Gasteiger partial charge in [0.15, 0.2) is 11.6 Å². The quantitative estimate of drug-likeness (QED) is 0.900. The van der Waals surface area contributed by atoms with Gasteiger partial charge in [-0.2, -0.15) is 0 Å². The summed E-state index contributed by atoms with van der Waals surface area (Å²) in [5, 5.41) is 3.04. The highest BCUT2D eigenvalue weighted by atomic mass is 19.2. The van der Waals surface area contributed by atoms with Crippen LogP contribution in [-0.4, -0.2) is 7.05 Å². The molecule has 0 spiro atoms. The fourth-order valence-electron chi connectivity index (χ4n) is 1.90. The van der Waals surface area contributed by atoms with Crippen molar-refractivity contribution in [2.75, 3.05) is 7.05 Å². The lowest BCUT2D eigenvalue weighted by Gasteiger charge is -2.14. The van der Waals surface area contributed by atoms with E-state index in [2.05, 4.69) is 5.32 Å². The first-order chi connectivity index (χ1) is 8.65. The first kappa shape index (κ1) is 12.8. The SMILES string of the molecule is CCc1ccc(C(NC)c2ccc(F)c(F)c2)o1. The van der Waals surface area contributed by atoms with Crippen molar-refractivity contribution in [2.45, 2.75) is 19.4 Å². The second-order valence-electron chi connectivity index (χ2n) is 4.05. The lowest BCUT2D eigenvalue weighted by Crippen LogP contribution is -2.17. The molecule has 0 aliphatic carbocycles. The van der Waals surface area contributed by atoms with Crippen molar-refractivity contribution in [3.63, 3.8) is 0 Å². The molecule has 0 fully saturated rings. The van der Waals surface area contributed by atoms with E-state index in [9.17, 15) is 8.78 Å². The van der Waals surface area contributed by atoms with Crippen molar-refractivity contribution < 1.29 is 13.2 Å². The van der Waals surface area contributed by atoms with E-state index in [0.717, 1.165) is 18.2 Å². The van der Waals surface area contributed by atoms with E-state index in [1.807, 2.05) is 19.1 Å². The van der Waals surface area contributed by atoms with Crippen LogP contribution in [0.4, 0.5) is 8.78 Å². The zero-order valence-electron chi connectivity index (χ0n) is 10.3. The number of hydrogen-bond acceptors (Lipinski definition) is 2. The van der Waals surface area contributed by atoms with Crippen LogP contribution in [0.15, 0.2) is 34.7 Å². The Hall–Kier alpha value is -1.68. The second kappa shape index (κ2) is 5.31. The molecule has 2 aromatic rings. The molecule has 0 saturated heterocycles. The van der Waals surface area contributed by atoms with Crippen molar-refractivity contribution in [1.82, 2.24) is 5.32 Å². The molecule has 4 heteroatoms. The summed E-state index contributed by atoms with van der Waals surface area (Å²) in [6, 6.07) is 7.32. The highest BCUT2D eigenvalue weighted by molar-refractivity contribution is 5.28. The molecule has 0 radical (unpaired) electrons. The number of benzene rings is 1. The van der Waals surface area contributed by atoms with Gasteiger partial charge in [0.25, 0.3) is 0 Å². The number of halogens is 2. The predicted octanol–water partition coefficient (Wildman–Crippen LogP) is 3.43. The summed E-state index contributed by atoms with van der Waals surface area (Å²) >= 11 is 0. The first-order valence-corrected chi connectivity index (χ1v) is 5.86. The lowest BCUT2D eigenvalue weighted by atomic mass is 10.0. The van der Waals surface area contributed by atoms with Crippen LogP contribution >= 0.6 is 0 Å². The highest BCUT2D eigenvalue weighted by Crippen LogP contribution is 2.25. The third-order valence-electron chi connectivity index (χ3n) is 2.88. The maximum Gasteiger partial charge on any atom is 0.159 e. The Bertz CT molecular complexity index is 536. The molecule has 0 aliphatic rings. The molecular weight excluding hydrogens is 236 g/mol. The van der Waals surface area contributed by atoms with E-state index >= 15 is 0 Å². The van der Waals surface area contributed by atoms with Gasteiger partial charge in [0, 0.05) is 6.42 Å². The zero-order valence-corrected chi connectivity index (χ0v) is 10.3. The van der Waals surface area contributed by atoms with Crippen LogP contribution in [0.1, 0.15) is 30.0 Å². The fourth-order valence-corrected chi connectivity index (χ4v) is 1.90. The maximum atomic E-state index is 13.2. The number of rotatable bonds is 4. The zero-order chi connectivity index (χ0) is 13.1. The molecule has 2 rings (SSSR count). The molecule has 1 unspecified atom stereocenters. The van der Waals surface area contributed by atoms with E-state index in [0.29, 0.717) is 11.3 Å². The maximum absolute atomic E-state index is 13.2. The summed E-state index contributed by atoms with van der Waals surface area (Å²) < 4.78 is 31.8. The fraction of sp³-hybridized carbons (Fsp3) is 0.286. The van der Waals surface area contributed by atoms with E-state index in [4.69, 9.17) is 4.42 Å². The van der Waals surface area contributed by atoms with Crippen molar-refractivity contribution in [2.24, 2.45) is 0 Å². The molecule has 2 nitrogen and oxygen atoms in total. The van der Waals surface area contributed by atoms with Gasteiger partial charge in [-0.25, -0.2) is 8.78 Å². The van der Waals surface area contributed by atoms with Crippen LogP contribution in [0.25, 0.3) is 0 Å². The Morgan fingerprint density at radius 2 is 1.94 bits per heavy atom.